The second-order valence-electron chi connectivity index (χ2n) is 9.09. The van der Waals surface area contributed by atoms with Gasteiger partial charge in [-0.15, -0.1) is 0 Å². The van der Waals surface area contributed by atoms with Crippen LogP contribution >= 0.6 is 0 Å². The minimum atomic E-state index is 0.540. The standard InChI is InChI=1S/C22H30N2.Pd/c1-14-9-15(2)21(16(3)10-14)24-8-7-23(13-24)20-12-18-11-19(17(20)4)22(18,5)6;/h7-10,17-20H,11-12H2,1-6H3;/t17-,18+,19+,20-;/m0./s1. The van der Waals surface area contributed by atoms with Gasteiger partial charge >= 0.3 is 162 Å². The van der Waals surface area contributed by atoms with Gasteiger partial charge in [0.25, 0.3) is 0 Å². The predicted octanol–water partition coefficient (Wildman–Crippen LogP) is 5.53. The SMILES string of the molecule is Cc1cc(C)c(-n2ccn([C@H]3C[C@H]4C[C@H]([C@@H]3C)C4(C)C)[c]2=[Pd])c(C)c1. The van der Waals surface area contributed by atoms with E-state index in [9.17, 15) is 0 Å². The molecule has 0 amide bonds. The summed E-state index contributed by atoms with van der Waals surface area (Å²) in [5.41, 5.74) is 5.88. The number of aromatic nitrogens is 2. The second kappa shape index (κ2) is 5.80. The van der Waals surface area contributed by atoms with Crippen LogP contribution in [0.5, 0.6) is 0 Å². The van der Waals surface area contributed by atoms with Crippen molar-refractivity contribution in [3.8, 4) is 5.69 Å². The molecule has 2 aromatic rings. The van der Waals surface area contributed by atoms with E-state index >= 15 is 0 Å². The molecule has 0 aliphatic heterocycles. The van der Waals surface area contributed by atoms with Gasteiger partial charge in [0.05, 0.1) is 0 Å². The van der Waals surface area contributed by atoms with Crippen LogP contribution in [0.2, 0.25) is 0 Å². The summed E-state index contributed by atoms with van der Waals surface area (Å²) < 4.78 is 6.06. The van der Waals surface area contributed by atoms with E-state index in [-0.39, 0.29) is 0 Å². The number of benzene rings is 1. The van der Waals surface area contributed by atoms with Gasteiger partial charge in [0.1, 0.15) is 0 Å². The van der Waals surface area contributed by atoms with Crippen LogP contribution in [0.25, 0.3) is 5.69 Å². The molecule has 138 valence electrons. The Labute approximate surface area is 162 Å². The molecule has 1 heterocycles. The molecule has 25 heavy (non-hydrogen) atoms. The number of fused-ring (bicyclic) bond motifs is 2. The van der Waals surface area contributed by atoms with Crippen molar-refractivity contribution >= 4 is 0 Å². The van der Waals surface area contributed by atoms with E-state index in [0.29, 0.717) is 11.5 Å². The summed E-state index contributed by atoms with van der Waals surface area (Å²) in [7, 11) is 0. The summed E-state index contributed by atoms with van der Waals surface area (Å²) in [6.45, 7) is 14.0. The van der Waals surface area contributed by atoms with Gasteiger partial charge in [-0.1, -0.05) is 0 Å². The quantitative estimate of drug-likeness (QED) is 0.557. The van der Waals surface area contributed by atoms with Crippen LogP contribution in [0.1, 0.15) is 56.3 Å². The second-order valence-corrected chi connectivity index (χ2v) is 9.78. The molecule has 0 unspecified atom stereocenters. The summed E-state index contributed by atoms with van der Waals surface area (Å²) in [4.78, 5) is 0. The van der Waals surface area contributed by atoms with E-state index in [1.54, 1.807) is 0 Å². The van der Waals surface area contributed by atoms with Gasteiger partial charge in [-0.25, -0.2) is 0 Å². The molecular formula is C22H30N2Pd. The molecule has 3 saturated carbocycles. The first kappa shape index (κ1) is 17.5. The number of hydrogen-bond acceptors (Lipinski definition) is 0. The Balaban J connectivity index is 1.73. The van der Waals surface area contributed by atoms with E-state index in [2.05, 4.69) is 93.9 Å². The molecule has 0 radical (unpaired) electrons. The first-order valence-electron chi connectivity index (χ1n) is 9.55. The Morgan fingerprint density at radius 1 is 1.04 bits per heavy atom. The monoisotopic (exact) mass is 428 g/mol. The predicted molar refractivity (Wildman–Crippen MR) is 99.4 cm³/mol. The van der Waals surface area contributed by atoms with Crippen molar-refractivity contribution in [2.24, 2.45) is 23.2 Å². The fraction of sp³-hybridized carbons (Fsp3) is 0.591. The number of rotatable bonds is 2. The summed E-state index contributed by atoms with van der Waals surface area (Å²) >= 11 is 3.60. The Morgan fingerprint density at radius 2 is 1.68 bits per heavy atom. The summed E-state index contributed by atoms with van der Waals surface area (Å²) in [5, 5.41) is 0. The molecule has 1 aromatic carbocycles. The van der Waals surface area contributed by atoms with E-state index < -0.39 is 0 Å². The first-order chi connectivity index (χ1) is 11.7. The molecule has 5 rings (SSSR count). The van der Waals surface area contributed by atoms with E-state index in [1.807, 2.05) is 0 Å². The number of imidazole rings is 1. The topological polar surface area (TPSA) is 9.86 Å². The summed E-state index contributed by atoms with van der Waals surface area (Å²) in [5.74, 6) is 2.49. The third-order valence-corrected chi connectivity index (χ3v) is 8.08. The van der Waals surface area contributed by atoms with Gasteiger partial charge in [-0.3, -0.25) is 0 Å². The van der Waals surface area contributed by atoms with Crippen LogP contribution in [0.15, 0.2) is 24.5 Å². The molecule has 2 bridgehead atoms. The van der Waals surface area contributed by atoms with Crippen LogP contribution in [0.4, 0.5) is 0 Å². The third kappa shape index (κ3) is 2.50. The number of nitrogens with zero attached hydrogens (tertiary/aromatic N) is 2. The van der Waals surface area contributed by atoms with Crippen molar-refractivity contribution in [2.45, 2.75) is 60.4 Å². The van der Waals surface area contributed by atoms with Gasteiger partial charge in [0.15, 0.2) is 0 Å². The third-order valence-electron chi connectivity index (χ3n) is 7.30. The summed E-state index contributed by atoms with van der Waals surface area (Å²) in [6.07, 6.45) is 7.28. The van der Waals surface area contributed by atoms with Crippen LogP contribution in [0.3, 0.4) is 0 Å². The average Bonchev–Trinajstić information content (AvgIpc) is 2.87. The van der Waals surface area contributed by atoms with Crippen molar-refractivity contribution in [1.82, 2.24) is 9.13 Å². The van der Waals surface area contributed by atoms with E-state index in [1.165, 1.54) is 39.1 Å². The fourth-order valence-electron chi connectivity index (χ4n) is 5.82. The number of hydrogen-bond donors (Lipinski definition) is 0. The molecule has 0 spiro atoms. The zero-order valence-electron chi connectivity index (χ0n) is 16.2. The Hall–Kier alpha value is -0.908. The maximum absolute atomic E-state index is 3.60. The van der Waals surface area contributed by atoms with Crippen LogP contribution in [-0.4, -0.2) is 9.13 Å². The minimum absolute atomic E-state index is 0.540. The van der Waals surface area contributed by atoms with E-state index in [4.69, 9.17) is 0 Å². The van der Waals surface area contributed by atoms with Gasteiger partial charge in [0.2, 0.25) is 0 Å². The molecule has 2 nitrogen and oxygen atoms in total. The summed E-state index contributed by atoms with van der Waals surface area (Å²) in [6, 6.07) is 5.18. The van der Waals surface area contributed by atoms with Gasteiger partial charge in [-0.2, -0.15) is 0 Å². The number of aryl methyl sites for hydroxylation is 3. The Morgan fingerprint density at radius 3 is 2.24 bits per heavy atom. The van der Waals surface area contributed by atoms with Gasteiger partial charge in [0, 0.05) is 0 Å². The molecule has 0 N–H and O–H groups in total. The molecule has 3 heteroatoms. The molecule has 3 aliphatic carbocycles. The van der Waals surface area contributed by atoms with Crippen LogP contribution < -0.4 is 0 Å². The van der Waals surface area contributed by atoms with Crippen LogP contribution in [0, 0.1) is 47.8 Å². The molecule has 3 aliphatic rings. The van der Waals surface area contributed by atoms with Crippen LogP contribution in [-0.2, 0) is 18.7 Å². The average molecular weight is 429 g/mol. The molecule has 1 aromatic heterocycles. The first-order valence-corrected chi connectivity index (χ1v) is 10.3. The molecule has 0 saturated heterocycles. The van der Waals surface area contributed by atoms with E-state index in [0.717, 1.165) is 17.8 Å². The maximum atomic E-state index is 3.60. The van der Waals surface area contributed by atoms with Crippen molar-refractivity contribution < 1.29 is 18.7 Å². The van der Waals surface area contributed by atoms with Gasteiger partial charge in [-0.05, 0) is 0 Å². The fourth-order valence-corrected chi connectivity index (χ4v) is 6.48. The van der Waals surface area contributed by atoms with Crippen molar-refractivity contribution in [3.63, 3.8) is 0 Å². The van der Waals surface area contributed by atoms with Crippen molar-refractivity contribution in [2.75, 3.05) is 0 Å². The Kier molecular flexibility index (Phi) is 4.06. The normalized spacial score (nSPS) is 30.2. The molecular weight excluding hydrogens is 399 g/mol. The Bertz CT molecular complexity index is 863. The van der Waals surface area contributed by atoms with Crippen molar-refractivity contribution in [3.05, 3.63) is 45.1 Å². The molecule has 3 fully saturated rings. The zero-order chi connectivity index (χ0) is 18.1. The molecule has 4 atom stereocenters. The van der Waals surface area contributed by atoms with Crippen molar-refractivity contribution in [1.29, 1.82) is 0 Å². The zero-order valence-corrected chi connectivity index (χ0v) is 17.8. The van der Waals surface area contributed by atoms with Gasteiger partial charge < -0.3 is 0 Å².